The van der Waals surface area contributed by atoms with E-state index in [1.54, 1.807) is 12.1 Å². The van der Waals surface area contributed by atoms with Gasteiger partial charge in [0.1, 0.15) is 0 Å². The summed E-state index contributed by atoms with van der Waals surface area (Å²) in [6, 6.07) is 21.8. The zero-order chi connectivity index (χ0) is 20.4. The fraction of sp³-hybridized carbons (Fsp3) is 0. The number of hydrogen-bond acceptors (Lipinski definition) is 4. The third-order valence-electron chi connectivity index (χ3n) is 4.16. The lowest BCUT2D eigenvalue weighted by Crippen LogP contribution is -2.52. The third kappa shape index (κ3) is 3.90. The van der Waals surface area contributed by atoms with Crippen LogP contribution in [0.4, 0.5) is 21.9 Å². The van der Waals surface area contributed by atoms with Crippen molar-refractivity contribution in [3.63, 3.8) is 0 Å². The van der Waals surface area contributed by atoms with Crippen LogP contribution in [0.1, 0.15) is 5.56 Å². The molecule has 3 aromatic carbocycles. The number of nitro groups is 1. The second-order valence-electron chi connectivity index (χ2n) is 6.05. The monoisotopic (exact) mass is 498 g/mol. The molecule has 1 aliphatic heterocycles. The maximum Gasteiger partial charge on any atom is 0.370 e. The molecule has 8 nitrogen and oxygen atoms in total. The van der Waals surface area contributed by atoms with Crippen molar-refractivity contribution < 1.29 is 9.72 Å². The lowest BCUT2D eigenvalue weighted by atomic mass is 10.2. The van der Waals surface area contributed by atoms with E-state index in [-0.39, 0.29) is 5.69 Å². The van der Waals surface area contributed by atoms with Crippen LogP contribution in [-0.2, 0) is 0 Å². The van der Waals surface area contributed by atoms with Crippen LogP contribution in [0, 0.1) is 13.7 Å². The van der Waals surface area contributed by atoms with Crippen molar-refractivity contribution in [2.45, 2.75) is 0 Å². The molecular formula is C20H13IN5O3. The first kappa shape index (κ1) is 18.9. The number of amides is 2. The highest BCUT2D eigenvalue weighted by Gasteiger charge is 2.32. The molecule has 0 aliphatic carbocycles. The number of hydrazone groups is 1. The first-order valence-corrected chi connectivity index (χ1v) is 9.61. The van der Waals surface area contributed by atoms with Crippen LogP contribution in [-0.4, -0.2) is 16.8 Å². The summed E-state index contributed by atoms with van der Waals surface area (Å²) >= 11 is 2.18. The number of carbonyl (C=O) groups excluding carboxylic acids is 1. The maximum absolute atomic E-state index is 13.1. The quantitative estimate of drug-likeness (QED) is 0.301. The van der Waals surface area contributed by atoms with E-state index in [1.807, 2.05) is 42.5 Å². The summed E-state index contributed by atoms with van der Waals surface area (Å²) in [6.07, 6.45) is 0. The Morgan fingerprint density at radius 2 is 1.41 bits per heavy atom. The molecule has 0 saturated heterocycles. The largest absolute Gasteiger partial charge is 0.370 e. The number of urea groups is 1. The summed E-state index contributed by atoms with van der Waals surface area (Å²) in [5.41, 5.74) is 6.10. The van der Waals surface area contributed by atoms with Crippen molar-refractivity contribution >= 4 is 51.5 Å². The van der Waals surface area contributed by atoms with Crippen molar-refractivity contribution in [1.29, 1.82) is 0 Å². The molecule has 0 atom stereocenters. The highest BCUT2D eigenvalue weighted by atomic mass is 127. The minimum absolute atomic E-state index is 0.0651. The lowest BCUT2D eigenvalue weighted by Gasteiger charge is -2.31. The van der Waals surface area contributed by atoms with E-state index < -0.39 is 11.0 Å². The number of halogens is 1. The van der Waals surface area contributed by atoms with Crippen molar-refractivity contribution in [1.82, 2.24) is 5.43 Å². The molecule has 0 spiro atoms. The van der Waals surface area contributed by atoms with E-state index >= 15 is 0 Å². The Morgan fingerprint density at radius 3 is 2.03 bits per heavy atom. The van der Waals surface area contributed by atoms with Crippen LogP contribution >= 0.6 is 22.6 Å². The van der Waals surface area contributed by atoms with Crippen LogP contribution in [0.25, 0.3) is 0 Å². The van der Waals surface area contributed by atoms with E-state index in [0.29, 0.717) is 17.2 Å². The van der Waals surface area contributed by atoms with E-state index in [4.69, 9.17) is 0 Å². The normalized spacial score (nSPS) is 13.7. The van der Waals surface area contributed by atoms with Gasteiger partial charge in [-0.25, -0.2) is 4.79 Å². The molecule has 9 heteroatoms. The van der Waals surface area contributed by atoms with E-state index in [0.717, 1.165) is 9.13 Å². The molecule has 2 amide bonds. The zero-order valence-corrected chi connectivity index (χ0v) is 17.0. The van der Waals surface area contributed by atoms with Gasteiger partial charge in [-0.3, -0.25) is 10.1 Å². The van der Waals surface area contributed by atoms with E-state index in [9.17, 15) is 14.9 Å². The van der Waals surface area contributed by atoms with Crippen molar-refractivity contribution in [2.75, 3.05) is 10.0 Å². The standard InChI is InChI=1S/C20H13IN5O3/c21-15-6-8-16(9-7-15)24-20(27)25(17-10-12-18(13-11-17)26(28)29)23-19(22-24)14-4-2-1-3-5-14/h1-13H. The van der Waals surface area contributed by atoms with Gasteiger partial charge < -0.3 is 0 Å². The molecule has 29 heavy (non-hydrogen) atoms. The van der Waals surface area contributed by atoms with Gasteiger partial charge in [-0.15, -0.1) is 10.5 Å². The molecule has 3 aromatic rings. The zero-order valence-electron chi connectivity index (χ0n) is 14.8. The van der Waals surface area contributed by atoms with Crippen LogP contribution < -0.4 is 15.4 Å². The van der Waals surface area contributed by atoms with Gasteiger partial charge in [-0.2, -0.15) is 10.0 Å². The van der Waals surface area contributed by atoms with Gasteiger partial charge in [-0.1, -0.05) is 30.3 Å². The number of amidine groups is 1. The van der Waals surface area contributed by atoms with Gasteiger partial charge in [0.25, 0.3) is 5.69 Å². The first-order chi connectivity index (χ1) is 14.0. The molecular weight excluding hydrogens is 485 g/mol. The molecule has 0 bridgehead atoms. The van der Waals surface area contributed by atoms with Crippen LogP contribution in [0.15, 0.2) is 84.0 Å². The fourth-order valence-electron chi connectivity index (χ4n) is 2.72. The number of nitrogens with zero attached hydrogens (tertiary/aromatic N) is 5. The highest BCUT2D eigenvalue weighted by molar-refractivity contribution is 14.1. The fourth-order valence-corrected chi connectivity index (χ4v) is 3.08. The summed E-state index contributed by atoms with van der Waals surface area (Å²) in [5, 5.41) is 17.8. The summed E-state index contributed by atoms with van der Waals surface area (Å²) < 4.78 is 1.03. The number of rotatable bonds is 4. The molecule has 0 unspecified atom stereocenters. The van der Waals surface area contributed by atoms with Gasteiger partial charge in [-0.05, 0) is 59.0 Å². The number of hydrogen-bond donors (Lipinski definition) is 0. The Balaban J connectivity index is 1.77. The third-order valence-corrected chi connectivity index (χ3v) is 4.88. The molecule has 1 radical (unpaired) electrons. The molecule has 1 heterocycles. The molecule has 1 aliphatic rings. The molecule has 143 valence electrons. The van der Waals surface area contributed by atoms with Gasteiger partial charge in [0, 0.05) is 21.3 Å². The number of non-ortho nitro benzene ring substituents is 1. The maximum atomic E-state index is 13.1. The Labute approximate surface area is 179 Å². The predicted octanol–water partition coefficient (Wildman–Crippen LogP) is 4.53. The van der Waals surface area contributed by atoms with Gasteiger partial charge in [0.15, 0.2) is 5.84 Å². The smallest absolute Gasteiger partial charge is 0.258 e. The summed E-state index contributed by atoms with van der Waals surface area (Å²) in [5.74, 6) is 0.349. The molecule has 0 aromatic heterocycles. The first-order valence-electron chi connectivity index (χ1n) is 8.53. The lowest BCUT2D eigenvalue weighted by molar-refractivity contribution is -0.384. The summed E-state index contributed by atoms with van der Waals surface area (Å²) in [4.78, 5) is 23.6. The van der Waals surface area contributed by atoms with Gasteiger partial charge >= 0.3 is 6.03 Å². The molecule has 0 saturated carbocycles. The second kappa shape index (κ2) is 7.87. The number of nitro benzene ring substituents is 1. The van der Waals surface area contributed by atoms with Crippen LogP contribution in [0.3, 0.4) is 0 Å². The number of anilines is 2. The topological polar surface area (TPSA) is 93.2 Å². The average Bonchev–Trinajstić information content (AvgIpc) is 2.75. The number of carbonyl (C=O) groups is 1. The summed E-state index contributed by atoms with van der Waals surface area (Å²) in [7, 11) is 0. The average molecular weight is 498 g/mol. The molecule has 0 N–H and O–H groups in total. The highest BCUT2D eigenvalue weighted by Crippen LogP contribution is 2.26. The minimum atomic E-state index is -0.492. The molecule has 0 fully saturated rings. The number of benzene rings is 3. The Bertz CT molecular complexity index is 1090. The van der Waals surface area contributed by atoms with Crippen molar-refractivity contribution in [3.05, 3.63) is 98.1 Å². The SMILES string of the molecule is O=C1N(c2ccc(I)cc2)[N]C(c2ccccc2)=NN1c1ccc([N+](=O)[O-])cc1. The Morgan fingerprint density at radius 1 is 0.828 bits per heavy atom. The van der Waals surface area contributed by atoms with Crippen molar-refractivity contribution in [3.8, 4) is 0 Å². The Kier molecular flexibility index (Phi) is 5.12. The van der Waals surface area contributed by atoms with E-state index in [2.05, 4.69) is 33.1 Å². The second-order valence-corrected chi connectivity index (χ2v) is 7.29. The van der Waals surface area contributed by atoms with Crippen LogP contribution in [0.2, 0.25) is 0 Å². The van der Waals surface area contributed by atoms with Crippen LogP contribution in [0.5, 0.6) is 0 Å². The minimum Gasteiger partial charge on any atom is -0.258 e. The predicted molar refractivity (Wildman–Crippen MR) is 118 cm³/mol. The molecule has 4 rings (SSSR count). The van der Waals surface area contributed by atoms with Gasteiger partial charge in [0.2, 0.25) is 0 Å². The summed E-state index contributed by atoms with van der Waals surface area (Å²) in [6.45, 7) is 0. The van der Waals surface area contributed by atoms with Gasteiger partial charge in [0.05, 0.1) is 16.3 Å². The van der Waals surface area contributed by atoms with Crippen molar-refractivity contribution in [2.24, 2.45) is 5.10 Å². The Hall–Kier alpha value is -3.47. The van der Waals surface area contributed by atoms with E-state index in [1.165, 1.54) is 34.3 Å².